The number of nitriles is 1. The Labute approximate surface area is 94.2 Å². The Morgan fingerprint density at radius 2 is 2.31 bits per heavy atom. The van der Waals surface area contributed by atoms with E-state index in [2.05, 4.69) is 15.3 Å². The molecule has 1 aliphatic carbocycles. The van der Waals surface area contributed by atoms with Crippen molar-refractivity contribution in [3.63, 3.8) is 0 Å². The summed E-state index contributed by atoms with van der Waals surface area (Å²) in [7, 11) is 0. The molecule has 0 radical (unpaired) electrons. The molecule has 1 saturated carbocycles. The van der Waals surface area contributed by atoms with Crippen molar-refractivity contribution in [3.8, 4) is 6.07 Å². The molecule has 16 heavy (non-hydrogen) atoms. The average Bonchev–Trinajstić information content (AvgIpc) is 2.23. The van der Waals surface area contributed by atoms with Crippen molar-refractivity contribution in [3.05, 3.63) is 17.5 Å². The normalized spacial score (nSPS) is 17.3. The molecule has 5 nitrogen and oxygen atoms in total. The van der Waals surface area contributed by atoms with Crippen LogP contribution in [0, 0.1) is 18.3 Å². The minimum absolute atomic E-state index is 0.343. The molecule has 0 aromatic carbocycles. The topological polar surface area (TPSA) is 81.8 Å². The first-order valence-electron chi connectivity index (χ1n) is 5.33. The van der Waals surface area contributed by atoms with E-state index >= 15 is 0 Å². The Hall–Kier alpha value is -1.67. The zero-order chi connectivity index (χ0) is 11.6. The highest BCUT2D eigenvalue weighted by molar-refractivity contribution is 5.33. The van der Waals surface area contributed by atoms with Crippen molar-refractivity contribution < 1.29 is 5.11 Å². The molecule has 1 fully saturated rings. The van der Waals surface area contributed by atoms with Crippen LogP contribution in [0.25, 0.3) is 0 Å². The van der Waals surface area contributed by atoms with Gasteiger partial charge in [0.05, 0.1) is 5.60 Å². The molecule has 2 N–H and O–H groups in total. The van der Waals surface area contributed by atoms with Gasteiger partial charge in [-0.15, -0.1) is 0 Å². The second-order valence-electron chi connectivity index (χ2n) is 4.26. The molecule has 0 amide bonds. The van der Waals surface area contributed by atoms with Crippen LogP contribution in [0.2, 0.25) is 0 Å². The Morgan fingerprint density at radius 1 is 1.56 bits per heavy atom. The maximum Gasteiger partial charge on any atom is 0.224 e. The van der Waals surface area contributed by atoms with E-state index in [4.69, 9.17) is 5.26 Å². The smallest absolute Gasteiger partial charge is 0.224 e. The first-order valence-corrected chi connectivity index (χ1v) is 5.33. The van der Waals surface area contributed by atoms with Gasteiger partial charge in [0.25, 0.3) is 0 Å². The Kier molecular flexibility index (Phi) is 2.75. The highest BCUT2D eigenvalue weighted by atomic mass is 16.3. The lowest BCUT2D eigenvalue weighted by atomic mass is 9.80. The number of hydrogen-bond acceptors (Lipinski definition) is 5. The highest BCUT2D eigenvalue weighted by Gasteiger charge is 2.34. The predicted molar refractivity (Wildman–Crippen MR) is 58.8 cm³/mol. The highest BCUT2D eigenvalue weighted by Crippen LogP contribution is 2.31. The van der Waals surface area contributed by atoms with Crippen LogP contribution in [-0.4, -0.2) is 27.2 Å². The van der Waals surface area contributed by atoms with E-state index in [9.17, 15) is 5.11 Å². The average molecular weight is 218 g/mol. The minimum Gasteiger partial charge on any atom is -0.388 e. The van der Waals surface area contributed by atoms with Crippen LogP contribution in [0.15, 0.2) is 6.07 Å². The molecule has 0 spiro atoms. The van der Waals surface area contributed by atoms with Gasteiger partial charge in [-0.1, -0.05) is 0 Å². The molecule has 84 valence electrons. The second kappa shape index (κ2) is 4.06. The SMILES string of the molecule is Cc1cc(C#N)nc(NCC2(O)CCC2)n1. The molecule has 0 unspecified atom stereocenters. The van der Waals surface area contributed by atoms with E-state index in [0.717, 1.165) is 25.0 Å². The van der Waals surface area contributed by atoms with Gasteiger partial charge in [-0.3, -0.25) is 0 Å². The molecule has 5 heteroatoms. The van der Waals surface area contributed by atoms with Crippen LogP contribution in [0.5, 0.6) is 0 Å². The van der Waals surface area contributed by atoms with Crippen molar-refractivity contribution in [1.29, 1.82) is 5.26 Å². The van der Waals surface area contributed by atoms with E-state index in [0.29, 0.717) is 18.2 Å². The maximum atomic E-state index is 9.88. The molecule has 1 heterocycles. The summed E-state index contributed by atoms with van der Waals surface area (Å²) in [5.74, 6) is 0.414. The largest absolute Gasteiger partial charge is 0.388 e. The predicted octanol–water partition coefficient (Wildman–Crippen LogP) is 0.984. The monoisotopic (exact) mass is 218 g/mol. The fraction of sp³-hybridized carbons (Fsp3) is 0.545. The van der Waals surface area contributed by atoms with Crippen molar-refractivity contribution in [2.24, 2.45) is 0 Å². The van der Waals surface area contributed by atoms with E-state index < -0.39 is 5.60 Å². The number of aromatic nitrogens is 2. The van der Waals surface area contributed by atoms with Gasteiger partial charge >= 0.3 is 0 Å². The van der Waals surface area contributed by atoms with Crippen molar-refractivity contribution in [2.75, 3.05) is 11.9 Å². The zero-order valence-corrected chi connectivity index (χ0v) is 9.19. The van der Waals surface area contributed by atoms with Crippen molar-refractivity contribution in [1.82, 2.24) is 9.97 Å². The number of aliphatic hydroxyl groups is 1. The van der Waals surface area contributed by atoms with Crippen molar-refractivity contribution in [2.45, 2.75) is 31.8 Å². The Balaban J connectivity index is 2.04. The number of nitrogens with one attached hydrogen (secondary N) is 1. The first-order chi connectivity index (χ1) is 7.61. The zero-order valence-electron chi connectivity index (χ0n) is 9.19. The molecule has 0 atom stereocenters. The van der Waals surface area contributed by atoms with Crippen molar-refractivity contribution >= 4 is 5.95 Å². The van der Waals surface area contributed by atoms with Gasteiger partial charge in [-0.05, 0) is 32.3 Å². The van der Waals surface area contributed by atoms with E-state index in [1.54, 1.807) is 6.07 Å². The lowest BCUT2D eigenvalue weighted by Gasteiger charge is -2.36. The summed E-state index contributed by atoms with van der Waals surface area (Å²) in [6.45, 7) is 2.26. The standard InChI is InChI=1S/C11H14N4O/c1-8-5-9(6-12)15-10(14-8)13-7-11(16)3-2-4-11/h5,16H,2-4,7H2,1H3,(H,13,14,15). The van der Waals surface area contributed by atoms with Gasteiger partial charge in [0, 0.05) is 12.2 Å². The van der Waals surface area contributed by atoms with Gasteiger partial charge < -0.3 is 10.4 Å². The van der Waals surface area contributed by atoms with Crippen LogP contribution >= 0.6 is 0 Å². The summed E-state index contributed by atoms with van der Waals surface area (Å²) in [6.07, 6.45) is 2.70. The van der Waals surface area contributed by atoms with Gasteiger partial charge in [0.15, 0.2) is 0 Å². The Bertz CT molecular complexity index is 434. The maximum absolute atomic E-state index is 9.88. The van der Waals surface area contributed by atoms with Crippen LogP contribution in [0.3, 0.4) is 0 Å². The van der Waals surface area contributed by atoms with E-state index in [-0.39, 0.29) is 0 Å². The quantitative estimate of drug-likeness (QED) is 0.790. The van der Waals surface area contributed by atoms with Gasteiger partial charge in [0.2, 0.25) is 5.95 Å². The summed E-state index contributed by atoms with van der Waals surface area (Å²) in [6, 6.07) is 3.61. The molecule has 1 aromatic heterocycles. The number of rotatable bonds is 3. The van der Waals surface area contributed by atoms with E-state index in [1.165, 1.54) is 0 Å². The number of anilines is 1. The summed E-state index contributed by atoms with van der Waals surface area (Å²) >= 11 is 0. The fourth-order valence-electron chi connectivity index (χ4n) is 1.71. The van der Waals surface area contributed by atoms with Crippen LogP contribution in [-0.2, 0) is 0 Å². The number of aryl methyl sites for hydroxylation is 1. The van der Waals surface area contributed by atoms with Gasteiger partial charge in [-0.25, -0.2) is 9.97 Å². The third kappa shape index (κ3) is 2.28. The molecule has 2 rings (SSSR count). The summed E-state index contributed by atoms with van der Waals surface area (Å²) < 4.78 is 0. The summed E-state index contributed by atoms with van der Waals surface area (Å²) in [4.78, 5) is 8.18. The fourth-order valence-corrected chi connectivity index (χ4v) is 1.71. The minimum atomic E-state index is -0.611. The molecule has 0 bridgehead atoms. The molecule has 1 aliphatic rings. The molecular formula is C11H14N4O. The molecule has 0 saturated heterocycles. The lowest BCUT2D eigenvalue weighted by molar-refractivity contribution is -0.0203. The van der Waals surface area contributed by atoms with Crippen LogP contribution in [0.4, 0.5) is 5.95 Å². The van der Waals surface area contributed by atoms with Gasteiger partial charge in [-0.2, -0.15) is 5.26 Å². The molecular weight excluding hydrogens is 204 g/mol. The third-order valence-electron chi connectivity index (χ3n) is 2.83. The van der Waals surface area contributed by atoms with E-state index in [1.807, 2.05) is 13.0 Å². The summed E-state index contributed by atoms with van der Waals surface area (Å²) in [5.41, 5.74) is 0.477. The Morgan fingerprint density at radius 3 is 2.88 bits per heavy atom. The summed E-state index contributed by atoms with van der Waals surface area (Å²) in [5, 5.41) is 21.6. The lowest BCUT2D eigenvalue weighted by Crippen LogP contribution is -2.43. The molecule has 0 aliphatic heterocycles. The van der Waals surface area contributed by atoms with Crippen LogP contribution in [0.1, 0.15) is 30.7 Å². The third-order valence-corrected chi connectivity index (χ3v) is 2.83. The number of hydrogen-bond donors (Lipinski definition) is 2. The van der Waals surface area contributed by atoms with Crippen LogP contribution < -0.4 is 5.32 Å². The number of nitrogens with zero attached hydrogens (tertiary/aromatic N) is 3. The van der Waals surface area contributed by atoms with Gasteiger partial charge in [0.1, 0.15) is 11.8 Å². The first kappa shape index (κ1) is 10.8. The second-order valence-corrected chi connectivity index (χ2v) is 4.26. The molecule has 1 aromatic rings.